The van der Waals surface area contributed by atoms with Crippen LogP contribution < -0.4 is 5.73 Å². The minimum Gasteiger partial charge on any atom is -0.342 e. The quantitative estimate of drug-likeness (QED) is 0.693. The Hall–Kier alpha value is -0.220. The Morgan fingerprint density at radius 2 is 1.87 bits per heavy atom. The number of nitrogens with zero attached hydrogens (tertiary/aromatic N) is 1. The molecule has 0 aliphatic rings. The van der Waals surface area contributed by atoms with Gasteiger partial charge in [-0.2, -0.15) is 0 Å². The zero-order valence-corrected chi connectivity index (χ0v) is 11.0. The third-order valence-electron chi connectivity index (χ3n) is 2.16. The highest BCUT2D eigenvalue weighted by molar-refractivity contribution is 8.00. The summed E-state index contributed by atoms with van der Waals surface area (Å²) in [5.74, 6) is 0.822. The third-order valence-corrected chi connectivity index (χ3v) is 3.34. The van der Waals surface area contributed by atoms with E-state index in [0.717, 1.165) is 25.9 Å². The van der Waals surface area contributed by atoms with Crippen molar-refractivity contribution in [1.82, 2.24) is 4.90 Å². The van der Waals surface area contributed by atoms with Crippen molar-refractivity contribution in [3.8, 4) is 0 Å². The SMILES string of the molecule is CCCN(CCC)C(=O)CSC(C)CN. The molecule has 0 radical (unpaired) electrons. The first-order valence-electron chi connectivity index (χ1n) is 5.75. The zero-order chi connectivity index (χ0) is 11.7. The first-order chi connectivity index (χ1) is 7.15. The predicted molar refractivity (Wildman–Crippen MR) is 68.1 cm³/mol. The third kappa shape index (κ3) is 6.79. The van der Waals surface area contributed by atoms with Crippen LogP contribution in [0.5, 0.6) is 0 Å². The van der Waals surface area contributed by atoms with Crippen molar-refractivity contribution >= 4 is 17.7 Å². The van der Waals surface area contributed by atoms with Crippen molar-refractivity contribution in [3.05, 3.63) is 0 Å². The minimum atomic E-state index is 0.254. The molecule has 3 nitrogen and oxygen atoms in total. The fraction of sp³-hybridized carbons (Fsp3) is 0.909. The van der Waals surface area contributed by atoms with Crippen LogP contribution in [0.2, 0.25) is 0 Å². The van der Waals surface area contributed by atoms with E-state index in [9.17, 15) is 4.79 Å². The average molecular weight is 232 g/mol. The van der Waals surface area contributed by atoms with Gasteiger partial charge < -0.3 is 10.6 Å². The van der Waals surface area contributed by atoms with Gasteiger partial charge in [0, 0.05) is 24.9 Å². The molecule has 0 aliphatic carbocycles. The summed E-state index contributed by atoms with van der Waals surface area (Å²) in [5.41, 5.74) is 5.51. The highest BCUT2D eigenvalue weighted by Crippen LogP contribution is 2.10. The molecule has 0 aliphatic heterocycles. The van der Waals surface area contributed by atoms with E-state index in [1.165, 1.54) is 0 Å². The molecule has 0 saturated heterocycles. The van der Waals surface area contributed by atoms with Gasteiger partial charge in [0.15, 0.2) is 0 Å². The Labute approximate surface area is 97.8 Å². The number of amides is 1. The lowest BCUT2D eigenvalue weighted by Crippen LogP contribution is -2.34. The highest BCUT2D eigenvalue weighted by atomic mass is 32.2. The van der Waals surface area contributed by atoms with E-state index >= 15 is 0 Å². The molecule has 0 aromatic carbocycles. The molecule has 1 amide bonds. The molecular formula is C11H24N2OS. The van der Waals surface area contributed by atoms with Gasteiger partial charge in [0.05, 0.1) is 5.75 Å². The molecule has 0 saturated carbocycles. The number of rotatable bonds is 8. The number of hydrogen-bond donors (Lipinski definition) is 1. The molecule has 15 heavy (non-hydrogen) atoms. The fourth-order valence-corrected chi connectivity index (χ4v) is 2.02. The molecule has 0 aromatic heterocycles. The van der Waals surface area contributed by atoms with Gasteiger partial charge in [-0.1, -0.05) is 20.8 Å². The Morgan fingerprint density at radius 1 is 1.33 bits per heavy atom. The molecule has 0 rings (SSSR count). The summed E-state index contributed by atoms with van der Waals surface area (Å²) in [7, 11) is 0. The normalized spacial score (nSPS) is 12.5. The van der Waals surface area contributed by atoms with Crippen LogP contribution in [-0.2, 0) is 4.79 Å². The van der Waals surface area contributed by atoms with Crippen LogP contribution >= 0.6 is 11.8 Å². The molecule has 0 spiro atoms. The van der Waals surface area contributed by atoms with Crippen molar-refractivity contribution in [2.75, 3.05) is 25.4 Å². The second-order valence-electron chi connectivity index (χ2n) is 3.74. The zero-order valence-electron chi connectivity index (χ0n) is 10.2. The second kappa shape index (κ2) is 9.04. The first-order valence-corrected chi connectivity index (χ1v) is 6.79. The van der Waals surface area contributed by atoms with Crippen LogP contribution in [0.3, 0.4) is 0 Å². The lowest BCUT2D eigenvalue weighted by molar-refractivity contribution is -0.128. The van der Waals surface area contributed by atoms with E-state index in [0.29, 0.717) is 17.5 Å². The van der Waals surface area contributed by atoms with Gasteiger partial charge in [-0.15, -0.1) is 11.8 Å². The summed E-state index contributed by atoms with van der Waals surface area (Å²) >= 11 is 1.65. The van der Waals surface area contributed by atoms with Crippen molar-refractivity contribution in [3.63, 3.8) is 0 Å². The summed E-state index contributed by atoms with van der Waals surface area (Å²) in [6.45, 7) is 8.66. The molecule has 90 valence electrons. The van der Waals surface area contributed by atoms with Crippen molar-refractivity contribution in [2.24, 2.45) is 5.73 Å². The Kier molecular flexibility index (Phi) is 8.91. The van der Waals surface area contributed by atoms with E-state index in [4.69, 9.17) is 5.73 Å². The van der Waals surface area contributed by atoms with Gasteiger partial charge in [-0.25, -0.2) is 0 Å². The summed E-state index contributed by atoms with van der Waals surface area (Å²) in [6.07, 6.45) is 2.06. The van der Waals surface area contributed by atoms with E-state index in [1.54, 1.807) is 11.8 Å². The predicted octanol–water partition coefficient (Wildman–Crippen LogP) is 1.72. The summed E-state index contributed by atoms with van der Waals surface area (Å²) in [6, 6.07) is 0. The maximum absolute atomic E-state index is 11.8. The summed E-state index contributed by atoms with van der Waals surface area (Å²) in [4.78, 5) is 13.8. The lowest BCUT2D eigenvalue weighted by atomic mass is 10.3. The number of nitrogens with two attached hydrogens (primary N) is 1. The number of carbonyl (C=O) groups excluding carboxylic acids is 1. The van der Waals surface area contributed by atoms with E-state index in [-0.39, 0.29) is 5.91 Å². The Balaban J connectivity index is 3.90. The number of thioether (sulfide) groups is 1. The summed E-state index contributed by atoms with van der Waals surface area (Å²) in [5, 5.41) is 0.374. The fourth-order valence-electron chi connectivity index (χ4n) is 1.27. The van der Waals surface area contributed by atoms with Crippen molar-refractivity contribution in [1.29, 1.82) is 0 Å². The van der Waals surface area contributed by atoms with E-state index in [2.05, 4.69) is 20.8 Å². The second-order valence-corrected chi connectivity index (χ2v) is 5.16. The Bertz CT molecular complexity index is 170. The van der Waals surface area contributed by atoms with Gasteiger partial charge in [0.1, 0.15) is 0 Å². The molecule has 4 heteroatoms. The van der Waals surface area contributed by atoms with Gasteiger partial charge >= 0.3 is 0 Å². The average Bonchev–Trinajstić information content (AvgIpc) is 2.25. The van der Waals surface area contributed by atoms with Crippen LogP contribution in [-0.4, -0.2) is 41.4 Å². The van der Waals surface area contributed by atoms with Gasteiger partial charge in [-0.3, -0.25) is 4.79 Å². The van der Waals surface area contributed by atoms with Crippen LogP contribution in [0.15, 0.2) is 0 Å². The maximum Gasteiger partial charge on any atom is 0.232 e. The number of carbonyl (C=O) groups is 1. The van der Waals surface area contributed by atoms with E-state index < -0.39 is 0 Å². The molecule has 1 atom stereocenters. The van der Waals surface area contributed by atoms with Crippen LogP contribution in [0.25, 0.3) is 0 Å². The maximum atomic E-state index is 11.8. The molecule has 2 N–H and O–H groups in total. The monoisotopic (exact) mass is 232 g/mol. The molecular weight excluding hydrogens is 208 g/mol. The Morgan fingerprint density at radius 3 is 2.27 bits per heavy atom. The van der Waals surface area contributed by atoms with Crippen LogP contribution in [0.4, 0.5) is 0 Å². The molecule has 1 unspecified atom stereocenters. The van der Waals surface area contributed by atoms with Crippen molar-refractivity contribution < 1.29 is 4.79 Å². The van der Waals surface area contributed by atoms with Gasteiger partial charge in [-0.05, 0) is 12.8 Å². The standard InChI is InChI=1S/C11H24N2OS/c1-4-6-13(7-5-2)11(14)9-15-10(3)8-12/h10H,4-9,12H2,1-3H3. The van der Waals surface area contributed by atoms with E-state index in [1.807, 2.05) is 4.90 Å². The summed E-state index contributed by atoms with van der Waals surface area (Å²) < 4.78 is 0. The molecule has 0 bridgehead atoms. The first kappa shape index (κ1) is 14.8. The molecule has 0 fully saturated rings. The lowest BCUT2D eigenvalue weighted by Gasteiger charge is -2.21. The topological polar surface area (TPSA) is 46.3 Å². The van der Waals surface area contributed by atoms with Crippen molar-refractivity contribution in [2.45, 2.75) is 38.9 Å². The minimum absolute atomic E-state index is 0.254. The van der Waals surface area contributed by atoms with Gasteiger partial charge in [0.2, 0.25) is 5.91 Å². The van der Waals surface area contributed by atoms with Gasteiger partial charge in [0.25, 0.3) is 0 Å². The highest BCUT2D eigenvalue weighted by Gasteiger charge is 2.12. The number of hydrogen-bond acceptors (Lipinski definition) is 3. The van der Waals surface area contributed by atoms with Crippen LogP contribution in [0, 0.1) is 0 Å². The molecule has 0 aromatic rings. The smallest absolute Gasteiger partial charge is 0.232 e. The largest absolute Gasteiger partial charge is 0.342 e. The molecule has 0 heterocycles. The van der Waals surface area contributed by atoms with Crippen LogP contribution in [0.1, 0.15) is 33.6 Å².